The van der Waals surface area contributed by atoms with E-state index < -0.39 is 0 Å². The summed E-state index contributed by atoms with van der Waals surface area (Å²) < 4.78 is 6.86. The maximum absolute atomic E-state index is 11.9. The smallest absolute Gasteiger partial charge is 0.325 e. The highest BCUT2D eigenvalue weighted by atomic mass is 16.5. The molecule has 3 aromatic rings. The van der Waals surface area contributed by atoms with E-state index in [1.165, 1.54) is 0 Å². The molecule has 0 aliphatic carbocycles. The van der Waals surface area contributed by atoms with Gasteiger partial charge in [-0.2, -0.15) is 10.5 Å². The van der Waals surface area contributed by atoms with Gasteiger partial charge in [0.1, 0.15) is 6.54 Å². The van der Waals surface area contributed by atoms with E-state index in [0.29, 0.717) is 23.3 Å². The van der Waals surface area contributed by atoms with E-state index in [1.807, 2.05) is 35.0 Å². The van der Waals surface area contributed by atoms with Gasteiger partial charge in [0.15, 0.2) is 0 Å². The zero-order chi connectivity index (χ0) is 19.2. The molecule has 27 heavy (non-hydrogen) atoms. The number of ether oxygens (including phenoxy) is 1. The topological polar surface area (TPSA) is 78.8 Å². The van der Waals surface area contributed by atoms with Crippen LogP contribution in [0.2, 0.25) is 0 Å². The predicted molar refractivity (Wildman–Crippen MR) is 103 cm³/mol. The number of nitrogens with zero attached hydrogens (tertiary/aromatic N) is 3. The van der Waals surface area contributed by atoms with Gasteiger partial charge in [-0.3, -0.25) is 4.79 Å². The summed E-state index contributed by atoms with van der Waals surface area (Å²) in [5.74, 6) is -0.309. The molecule has 0 spiro atoms. The van der Waals surface area contributed by atoms with Gasteiger partial charge in [0.05, 0.1) is 29.9 Å². The molecule has 0 saturated carbocycles. The van der Waals surface area contributed by atoms with E-state index in [-0.39, 0.29) is 12.5 Å². The van der Waals surface area contributed by atoms with Crippen molar-refractivity contribution in [3.05, 3.63) is 71.4 Å². The molecule has 0 amide bonds. The summed E-state index contributed by atoms with van der Waals surface area (Å²) in [4.78, 5) is 11.9. The Morgan fingerprint density at radius 2 is 2.00 bits per heavy atom. The van der Waals surface area contributed by atoms with Crippen LogP contribution in [0.5, 0.6) is 0 Å². The average molecular weight is 355 g/mol. The molecule has 1 aromatic heterocycles. The largest absolute Gasteiger partial charge is 0.465 e. The molecule has 0 bridgehead atoms. The summed E-state index contributed by atoms with van der Waals surface area (Å²) in [6.45, 7) is 2.21. The van der Waals surface area contributed by atoms with Crippen molar-refractivity contribution < 1.29 is 9.53 Å². The van der Waals surface area contributed by atoms with Crippen LogP contribution in [-0.2, 0) is 16.1 Å². The first-order valence-electron chi connectivity index (χ1n) is 8.52. The van der Waals surface area contributed by atoms with Gasteiger partial charge in [0.2, 0.25) is 0 Å². The fraction of sp³-hybridized carbons (Fsp3) is 0.136. The highest BCUT2D eigenvalue weighted by molar-refractivity contribution is 5.98. The highest BCUT2D eigenvalue weighted by Crippen LogP contribution is 2.26. The Labute approximate surface area is 157 Å². The molecule has 132 valence electrons. The number of hydrogen-bond acceptors (Lipinski definition) is 4. The Morgan fingerprint density at radius 1 is 1.19 bits per heavy atom. The molecule has 3 rings (SSSR count). The Balaban J connectivity index is 2.08. The van der Waals surface area contributed by atoms with Crippen molar-refractivity contribution >= 4 is 28.5 Å². The lowest BCUT2D eigenvalue weighted by Gasteiger charge is -2.04. The Bertz CT molecular complexity index is 1110. The van der Waals surface area contributed by atoms with E-state index in [1.54, 1.807) is 37.3 Å². The predicted octanol–water partition coefficient (Wildman–Crippen LogP) is 4.14. The van der Waals surface area contributed by atoms with Gasteiger partial charge < -0.3 is 9.30 Å². The average Bonchev–Trinajstić information content (AvgIpc) is 3.03. The number of rotatable bonds is 5. The second kappa shape index (κ2) is 8.03. The number of aromatic nitrogens is 1. The first kappa shape index (κ1) is 18.0. The minimum atomic E-state index is -0.309. The van der Waals surface area contributed by atoms with Gasteiger partial charge in [-0.1, -0.05) is 30.3 Å². The minimum absolute atomic E-state index is 0.105. The molecule has 0 fully saturated rings. The summed E-state index contributed by atoms with van der Waals surface area (Å²) in [6, 6.07) is 18.9. The zero-order valence-corrected chi connectivity index (χ0v) is 14.8. The Kier molecular flexibility index (Phi) is 5.35. The standard InChI is InChI=1S/C22H17N3O2/c1-2-27-22(26)15-25-14-19(20-8-3-4-9-21(20)25)11-18(13-24)17-7-5-6-16(10-17)12-23/h3-11,14H,2,15H2,1H3/b18-11+. The summed E-state index contributed by atoms with van der Waals surface area (Å²) >= 11 is 0. The molecule has 0 aliphatic rings. The number of benzene rings is 2. The van der Waals surface area contributed by atoms with Crippen molar-refractivity contribution in [2.75, 3.05) is 6.61 Å². The quantitative estimate of drug-likeness (QED) is 0.509. The number of esters is 1. The lowest BCUT2D eigenvalue weighted by Crippen LogP contribution is -2.12. The third-order valence-corrected chi connectivity index (χ3v) is 4.15. The third-order valence-electron chi connectivity index (χ3n) is 4.15. The van der Waals surface area contributed by atoms with Crippen LogP contribution in [0.4, 0.5) is 0 Å². The van der Waals surface area contributed by atoms with Crippen molar-refractivity contribution in [1.82, 2.24) is 4.57 Å². The molecule has 1 heterocycles. The van der Waals surface area contributed by atoms with Crippen LogP contribution < -0.4 is 0 Å². The van der Waals surface area contributed by atoms with Crippen LogP contribution in [0.25, 0.3) is 22.6 Å². The van der Waals surface area contributed by atoms with Crippen molar-refractivity contribution in [2.45, 2.75) is 13.5 Å². The molecular formula is C22H17N3O2. The molecule has 0 atom stereocenters. The first-order valence-corrected chi connectivity index (χ1v) is 8.52. The van der Waals surface area contributed by atoms with Crippen LogP contribution >= 0.6 is 0 Å². The van der Waals surface area contributed by atoms with Crippen LogP contribution in [0.3, 0.4) is 0 Å². The van der Waals surface area contributed by atoms with E-state index in [4.69, 9.17) is 10.00 Å². The maximum Gasteiger partial charge on any atom is 0.325 e. The number of para-hydroxylation sites is 1. The SMILES string of the molecule is CCOC(=O)Cn1cc(/C=C(\C#N)c2cccc(C#N)c2)c2ccccc21. The van der Waals surface area contributed by atoms with Crippen molar-refractivity contribution in [1.29, 1.82) is 10.5 Å². The summed E-state index contributed by atoms with van der Waals surface area (Å²) in [6.07, 6.45) is 3.62. The number of nitriles is 2. The van der Waals surface area contributed by atoms with E-state index in [9.17, 15) is 10.1 Å². The van der Waals surface area contributed by atoms with Gasteiger partial charge in [-0.05, 0) is 36.8 Å². The summed E-state index contributed by atoms with van der Waals surface area (Å²) in [5, 5.41) is 19.6. The number of fused-ring (bicyclic) bond motifs is 1. The van der Waals surface area contributed by atoms with E-state index >= 15 is 0 Å². The van der Waals surface area contributed by atoms with Crippen LogP contribution in [-0.4, -0.2) is 17.1 Å². The normalized spacial score (nSPS) is 11.0. The molecule has 0 saturated heterocycles. The molecule has 0 unspecified atom stereocenters. The van der Waals surface area contributed by atoms with Gasteiger partial charge in [0.25, 0.3) is 0 Å². The summed E-state index contributed by atoms with van der Waals surface area (Å²) in [7, 11) is 0. The lowest BCUT2D eigenvalue weighted by atomic mass is 10.0. The van der Waals surface area contributed by atoms with Crippen LogP contribution in [0.15, 0.2) is 54.7 Å². The minimum Gasteiger partial charge on any atom is -0.465 e. The molecule has 0 radical (unpaired) electrons. The highest BCUT2D eigenvalue weighted by Gasteiger charge is 2.12. The van der Waals surface area contributed by atoms with Gasteiger partial charge >= 0.3 is 5.97 Å². The third kappa shape index (κ3) is 3.89. The maximum atomic E-state index is 11.9. The lowest BCUT2D eigenvalue weighted by molar-refractivity contribution is -0.143. The van der Waals surface area contributed by atoms with Gasteiger partial charge in [0, 0.05) is 22.7 Å². The molecule has 5 nitrogen and oxygen atoms in total. The second-order valence-electron chi connectivity index (χ2n) is 5.90. The first-order chi connectivity index (χ1) is 13.2. The molecule has 5 heteroatoms. The Hall–Kier alpha value is -3.83. The zero-order valence-electron chi connectivity index (χ0n) is 14.8. The van der Waals surface area contributed by atoms with Crippen LogP contribution in [0.1, 0.15) is 23.6 Å². The molecular weight excluding hydrogens is 338 g/mol. The number of hydrogen-bond donors (Lipinski definition) is 0. The number of carbonyl (C=O) groups excluding carboxylic acids is 1. The van der Waals surface area contributed by atoms with Crippen molar-refractivity contribution in [3.63, 3.8) is 0 Å². The van der Waals surface area contributed by atoms with E-state index in [0.717, 1.165) is 16.5 Å². The monoisotopic (exact) mass is 355 g/mol. The number of carbonyl (C=O) groups is 1. The Morgan fingerprint density at radius 3 is 2.74 bits per heavy atom. The molecule has 0 aliphatic heterocycles. The number of allylic oxidation sites excluding steroid dienone is 1. The van der Waals surface area contributed by atoms with Crippen LogP contribution in [0, 0.1) is 22.7 Å². The van der Waals surface area contributed by atoms with Crippen molar-refractivity contribution in [3.8, 4) is 12.1 Å². The van der Waals surface area contributed by atoms with Gasteiger partial charge in [-0.25, -0.2) is 0 Å². The fourth-order valence-corrected chi connectivity index (χ4v) is 2.96. The molecule has 0 N–H and O–H groups in total. The second-order valence-corrected chi connectivity index (χ2v) is 5.90. The van der Waals surface area contributed by atoms with Crippen molar-refractivity contribution in [2.24, 2.45) is 0 Å². The summed E-state index contributed by atoms with van der Waals surface area (Å²) in [5.41, 5.74) is 3.34. The fourth-order valence-electron chi connectivity index (χ4n) is 2.96. The molecule has 2 aromatic carbocycles. The van der Waals surface area contributed by atoms with E-state index in [2.05, 4.69) is 12.1 Å². The van der Waals surface area contributed by atoms with Gasteiger partial charge in [-0.15, -0.1) is 0 Å².